The first-order valence-corrected chi connectivity index (χ1v) is 11.1. The number of halogens is 2. The van der Waals surface area contributed by atoms with Crippen LogP contribution in [0.3, 0.4) is 0 Å². The number of hydrogen-bond acceptors (Lipinski definition) is 6. The summed E-state index contributed by atoms with van der Waals surface area (Å²) in [6, 6.07) is 8.01. The fourth-order valence-electron chi connectivity index (χ4n) is 3.39. The standard InChI is InChI=1S/C22H25Cl2N5O4/c1-13-11-29(12-14(2)33-13)19-6-4-16(8-25-19)28-21(31)10-26-20(30)9-27-22(32)17-5-3-15(23)7-18(17)24/h3-8,13-14H,9-12H2,1-2H3,(H,26,30)(H,27,32)(H,28,31). The van der Waals surface area contributed by atoms with Crippen LogP contribution in [0.5, 0.6) is 0 Å². The van der Waals surface area contributed by atoms with Crippen molar-refractivity contribution in [3.05, 3.63) is 52.1 Å². The molecule has 1 aliphatic heterocycles. The van der Waals surface area contributed by atoms with Gasteiger partial charge in [-0.2, -0.15) is 0 Å². The van der Waals surface area contributed by atoms with Crippen LogP contribution < -0.4 is 20.9 Å². The van der Waals surface area contributed by atoms with Crippen molar-refractivity contribution in [3.63, 3.8) is 0 Å². The van der Waals surface area contributed by atoms with E-state index in [4.69, 9.17) is 27.9 Å². The summed E-state index contributed by atoms with van der Waals surface area (Å²) in [5, 5.41) is 8.13. The molecule has 1 aromatic heterocycles. The van der Waals surface area contributed by atoms with Crippen molar-refractivity contribution < 1.29 is 19.1 Å². The van der Waals surface area contributed by atoms with Gasteiger partial charge in [-0.25, -0.2) is 4.98 Å². The van der Waals surface area contributed by atoms with E-state index in [2.05, 4.69) is 25.8 Å². The normalized spacial score (nSPS) is 17.9. The van der Waals surface area contributed by atoms with Crippen LogP contribution in [0.25, 0.3) is 0 Å². The molecule has 1 aliphatic rings. The predicted octanol–water partition coefficient (Wildman–Crippen LogP) is 2.49. The van der Waals surface area contributed by atoms with E-state index in [-0.39, 0.29) is 35.9 Å². The molecule has 33 heavy (non-hydrogen) atoms. The molecule has 0 saturated carbocycles. The largest absolute Gasteiger partial charge is 0.372 e. The van der Waals surface area contributed by atoms with Crippen LogP contribution >= 0.6 is 23.2 Å². The zero-order valence-electron chi connectivity index (χ0n) is 18.2. The summed E-state index contributed by atoms with van der Waals surface area (Å²) < 4.78 is 5.73. The number of aromatic nitrogens is 1. The number of ether oxygens (including phenoxy) is 1. The van der Waals surface area contributed by atoms with Gasteiger partial charge in [0.2, 0.25) is 11.8 Å². The Balaban J connectivity index is 1.41. The molecule has 0 radical (unpaired) electrons. The van der Waals surface area contributed by atoms with Crippen molar-refractivity contribution in [1.82, 2.24) is 15.6 Å². The summed E-state index contributed by atoms with van der Waals surface area (Å²) in [5.41, 5.74) is 0.710. The number of anilines is 2. The number of pyridine rings is 1. The van der Waals surface area contributed by atoms with Gasteiger partial charge in [-0.05, 0) is 44.2 Å². The van der Waals surface area contributed by atoms with Gasteiger partial charge in [0.1, 0.15) is 5.82 Å². The Morgan fingerprint density at radius 2 is 1.73 bits per heavy atom. The Bertz CT molecular complexity index is 1010. The van der Waals surface area contributed by atoms with Gasteiger partial charge < -0.3 is 25.6 Å². The molecule has 9 nitrogen and oxygen atoms in total. The van der Waals surface area contributed by atoms with Crippen molar-refractivity contribution in [3.8, 4) is 0 Å². The number of morpholine rings is 1. The SMILES string of the molecule is CC1CN(c2ccc(NC(=O)CNC(=O)CNC(=O)c3ccc(Cl)cc3Cl)cn2)CC(C)O1. The van der Waals surface area contributed by atoms with Crippen LogP contribution in [-0.2, 0) is 14.3 Å². The second-order valence-corrected chi connectivity index (χ2v) is 8.54. The minimum absolute atomic E-state index is 0.117. The van der Waals surface area contributed by atoms with E-state index in [0.29, 0.717) is 10.7 Å². The third-order valence-electron chi connectivity index (χ3n) is 4.81. The first kappa shape index (κ1) is 24.8. The maximum Gasteiger partial charge on any atom is 0.253 e. The first-order valence-electron chi connectivity index (χ1n) is 10.4. The monoisotopic (exact) mass is 493 g/mol. The fraction of sp³-hybridized carbons (Fsp3) is 0.364. The molecule has 2 atom stereocenters. The van der Waals surface area contributed by atoms with E-state index in [9.17, 15) is 14.4 Å². The highest BCUT2D eigenvalue weighted by Gasteiger charge is 2.23. The molecule has 176 valence electrons. The zero-order chi connectivity index (χ0) is 24.0. The molecule has 1 saturated heterocycles. The highest BCUT2D eigenvalue weighted by molar-refractivity contribution is 6.36. The number of nitrogens with one attached hydrogen (secondary N) is 3. The Kier molecular flexibility index (Phi) is 8.49. The van der Waals surface area contributed by atoms with Crippen molar-refractivity contribution in [2.45, 2.75) is 26.1 Å². The Hall–Kier alpha value is -2.88. The summed E-state index contributed by atoms with van der Waals surface area (Å²) in [7, 11) is 0. The van der Waals surface area contributed by atoms with Crippen molar-refractivity contribution >= 4 is 52.4 Å². The fourth-order valence-corrected chi connectivity index (χ4v) is 3.88. The molecule has 2 aromatic rings. The van der Waals surface area contributed by atoms with Gasteiger partial charge in [0.05, 0.1) is 47.8 Å². The molecule has 2 heterocycles. The maximum absolute atomic E-state index is 12.1. The van der Waals surface area contributed by atoms with Crippen molar-refractivity contribution in [2.24, 2.45) is 0 Å². The Labute approximate surface area is 201 Å². The second kappa shape index (κ2) is 11.3. The summed E-state index contributed by atoms with van der Waals surface area (Å²) >= 11 is 11.8. The van der Waals surface area contributed by atoms with E-state index >= 15 is 0 Å². The number of rotatable bonds is 7. The van der Waals surface area contributed by atoms with E-state index in [1.165, 1.54) is 18.2 Å². The lowest BCUT2D eigenvalue weighted by Crippen LogP contribution is -2.45. The summed E-state index contributed by atoms with van der Waals surface area (Å²) in [4.78, 5) is 42.8. The van der Waals surface area contributed by atoms with E-state index < -0.39 is 17.7 Å². The third kappa shape index (κ3) is 7.31. The number of benzene rings is 1. The molecular weight excluding hydrogens is 469 g/mol. The molecule has 3 rings (SSSR count). The molecule has 1 fully saturated rings. The zero-order valence-corrected chi connectivity index (χ0v) is 19.7. The van der Waals surface area contributed by atoms with Gasteiger partial charge in [-0.3, -0.25) is 14.4 Å². The Morgan fingerprint density at radius 1 is 1.03 bits per heavy atom. The lowest BCUT2D eigenvalue weighted by atomic mass is 10.2. The van der Waals surface area contributed by atoms with E-state index in [1.807, 2.05) is 19.9 Å². The van der Waals surface area contributed by atoms with Crippen molar-refractivity contribution in [1.29, 1.82) is 0 Å². The van der Waals surface area contributed by atoms with Crippen molar-refractivity contribution in [2.75, 3.05) is 36.4 Å². The second-order valence-electron chi connectivity index (χ2n) is 7.70. The average molecular weight is 494 g/mol. The summed E-state index contributed by atoms with van der Waals surface area (Å²) in [6.45, 7) is 4.97. The molecule has 2 unspecified atom stereocenters. The number of hydrogen-bond donors (Lipinski definition) is 3. The number of carbonyl (C=O) groups excluding carboxylic acids is 3. The Morgan fingerprint density at radius 3 is 2.36 bits per heavy atom. The lowest BCUT2D eigenvalue weighted by Gasteiger charge is -2.36. The molecule has 3 amide bonds. The van der Waals surface area contributed by atoms with Crippen LogP contribution in [0.2, 0.25) is 10.0 Å². The minimum Gasteiger partial charge on any atom is -0.372 e. The smallest absolute Gasteiger partial charge is 0.253 e. The lowest BCUT2D eigenvalue weighted by molar-refractivity contribution is -0.123. The molecule has 0 aliphatic carbocycles. The molecule has 3 N–H and O–H groups in total. The van der Waals surface area contributed by atoms with Gasteiger partial charge in [0.15, 0.2) is 0 Å². The highest BCUT2D eigenvalue weighted by atomic mass is 35.5. The van der Waals surface area contributed by atoms with Gasteiger partial charge in [-0.1, -0.05) is 23.2 Å². The molecule has 0 spiro atoms. The number of carbonyl (C=O) groups is 3. The van der Waals surface area contributed by atoms with Gasteiger partial charge in [0, 0.05) is 18.1 Å². The van der Waals surface area contributed by atoms with E-state index in [1.54, 1.807) is 12.3 Å². The third-order valence-corrected chi connectivity index (χ3v) is 5.35. The average Bonchev–Trinajstić information content (AvgIpc) is 2.76. The van der Waals surface area contributed by atoms with Crippen LogP contribution in [-0.4, -0.2) is 61.1 Å². The molecular formula is C22H25Cl2N5O4. The van der Waals surface area contributed by atoms with Crippen LogP contribution in [0, 0.1) is 0 Å². The van der Waals surface area contributed by atoms with Gasteiger partial charge >= 0.3 is 0 Å². The summed E-state index contributed by atoms with van der Waals surface area (Å²) in [5.74, 6) is -0.655. The van der Waals surface area contributed by atoms with Gasteiger partial charge in [-0.15, -0.1) is 0 Å². The number of amides is 3. The summed E-state index contributed by atoms with van der Waals surface area (Å²) in [6.07, 6.45) is 1.80. The van der Waals surface area contributed by atoms with E-state index in [0.717, 1.165) is 18.9 Å². The minimum atomic E-state index is -0.522. The van der Waals surface area contributed by atoms with Gasteiger partial charge in [0.25, 0.3) is 5.91 Å². The topological polar surface area (TPSA) is 113 Å². The first-order chi connectivity index (χ1) is 15.7. The van der Waals surface area contributed by atoms with Crippen LogP contribution in [0.4, 0.5) is 11.5 Å². The quantitative estimate of drug-likeness (QED) is 0.546. The molecule has 1 aromatic carbocycles. The number of nitrogens with zero attached hydrogens (tertiary/aromatic N) is 2. The predicted molar refractivity (Wildman–Crippen MR) is 127 cm³/mol. The molecule has 11 heteroatoms. The van der Waals surface area contributed by atoms with Crippen LogP contribution in [0.15, 0.2) is 36.5 Å². The molecule has 0 bridgehead atoms. The maximum atomic E-state index is 12.1. The highest BCUT2D eigenvalue weighted by Crippen LogP contribution is 2.21. The van der Waals surface area contributed by atoms with Crippen LogP contribution in [0.1, 0.15) is 24.2 Å².